The van der Waals surface area contributed by atoms with Gasteiger partial charge in [0.15, 0.2) is 5.82 Å². The molecule has 17 heavy (non-hydrogen) atoms. The fourth-order valence-electron chi connectivity index (χ4n) is 2.20. The molecule has 0 spiro atoms. The Kier molecular flexibility index (Phi) is 3.42. The molecule has 0 bridgehead atoms. The highest BCUT2D eigenvalue weighted by atomic mass is 16.5. The minimum atomic E-state index is -0.862. The van der Waals surface area contributed by atoms with Crippen LogP contribution in [0.2, 0.25) is 0 Å². The van der Waals surface area contributed by atoms with E-state index in [4.69, 9.17) is 4.74 Å². The second kappa shape index (κ2) is 4.83. The lowest BCUT2D eigenvalue weighted by Gasteiger charge is -2.20. The molecule has 1 saturated heterocycles. The molecule has 1 N–H and O–H groups in total. The van der Waals surface area contributed by atoms with Crippen molar-refractivity contribution in [2.75, 3.05) is 6.61 Å². The van der Waals surface area contributed by atoms with Crippen LogP contribution in [0.15, 0.2) is 6.33 Å². The molecule has 1 aromatic heterocycles. The molecule has 1 aromatic rings. The van der Waals surface area contributed by atoms with E-state index < -0.39 is 12.0 Å². The predicted molar refractivity (Wildman–Crippen MR) is 59.5 cm³/mol. The molecule has 94 valence electrons. The number of carbonyl (C=O) groups is 1. The Hall–Kier alpha value is -1.43. The molecule has 2 atom stereocenters. The Morgan fingerprint density at radius 2 is 2.41 bits per heavy atom. The van der Waals surface area contributed by atoms with Crippen molar-refractivity contribution in [1.29, 1.82) is 0 Å². The number of aliphatic carboxylic acids is 1. The zero-order valence-corrected chi connectivity index (χ0v) is 10.0. The fourth-order valence-corrected chi connectivity index (χ4v) is 2.20. The zero-order chi connectivity index (χ0) is 12.4. The van der Waals surface area contributed by atoms with Crippen LogP contribution in [0.1, 0.15) is 44.7 Å². The number of ether oxygens (including phenoxy) is 1. The minimum Gasteiger partial charge on any atom is -0.480 e. The van der Waals surface area contributed by atoms with E-state index in [-0.39, 0.29) is 12.0 Å². The Morgan fingerprint density at radius 1 is 1.65 bits per heavy atom. The molecule has 6 nitrogen and oxygen atoms in total. The maximum absolute atomic E-state index is 11.3. The van der Waals surface area contributed by atoms with Crippen LogP contribution in [-0.4, -0.2) is 32.4 Å². The summed E-state index contributed by atoms with van der Waals surface area (Å²) in [4.78, 5) is 11.3. The molecule has 0 saturated carbocycles. The van der Waals surface area contributed by atoms with Crippen LogP contribution in [0, 0.1) is 5.92 Å². The van der Waals surface area contributed by atoms with Crippen molar-refractivity contribution >= 4 is 5.97 Å². The summed E-state index contributed by atoms with van der Waals surface area (Å²) in [5.74, 6) is -0.258. The molecule has 1 aliphatic heterocycles. The van der Waals surface area contributed by atoms with Gasteiger partial charge in [0.1, 0.15) is 18.5 Å². The van der Waals surface area contributed by atoms with E-state index in [9.17, 15) is 9.90 Å². The third kappa shape index (κ3) is 2.31. The summed E-state index contributed by atoms with van der Waals surface area (Å²) in [5.41, 5.74) is 0. The van der Waals surface area contributed by atoms with Crippen LogP contribution in [0.5, 0.6) is 0 Å². The van der Waals surface area contributed by atoms with Gasteiger partial charge in [-0.3, -0.25) is 0 Å². The predicted octanol–water partition coefficient (Wildman–Crippen LogP) is 1.41. The van der Waals surface area contributed by atoms with Gasteiger partial charge >= 0.3 is 5.97 Å². The first-order chi connectivity index (χ1) is 8.11. The molecular formula is C11H17N3O3. The Morgan fingerprint density at radius 3 is 2.94 bits per heavy atom. The standard InChI is InChI=1S/C11H17N3O3/c1-7(2)9(11(15)16)14-6-12-13-10(14)8-4-3-5-17-8/h6-9H,3-5H2,1-2H3,(H,15,16). The van der Waals surface area contributed by atoms with Crippen molar-refractivity contribution in [1.82, 2.24) is 14.8 Å². The normalized spacial score (nSPS) is 21.9. The molecule has 2 unspecified atom stereocenters. The van der Waals surface area contributed by atoms with E-state index in [1.165, 1.54) is 6.33 Å². The second-order valence-corrected chi connectivity index (χ2v) is 4.63. The second-order valence-electron chi connectivity index (χ2n) is 4.63. The van der Waals surface area contributed by atoms with E-state index in [2.05, 4.69) is 10.2 Å². The highest BCUT2D eigenvalue weighted by Crippen LogP contribution is 2.30. The smallest absolute Gasteiger partial charge is 0.327 e. The number of carboxylic acid groups (broad SMARTS) is 1. The quantitative estimate of drug-likeness (QED) is 0.859. The van der Waals surface area contributed by atoms with Crippen molar-refractivity contribution in [3.05, 3.63) is 12.2 Å². The lowest BCUT2D eigenvalue weighted by Crippen LogP contribution is -2.26. The number of nitrogens with zero attached hydrogens (tertiary/aromatic N) is 3. The molecule has 1 aliphatic rings. The van der Waals surface area contributed by atoms with E-state index in [0.29, 0.717) is 12.4 Å². The number of hydrogen-bond donors (Lipinski definition) is 1. The van der Waals surface area contributed by atoms with E-state index in [1.807, 2.05) is 13.8 Å². The van der Waals surface area contributed by atoms with Crippen molar-refractivity contribution in [2.24, 2.45) is 5.92 Å². The van der Waals surface area contributed by atoms with Gasteiger partial charge in [-0.2, -0.15) is 0 Å². The van der Waals surface area contributed by atoms with Crippen LogP contribution in [0.3, 0.4) is 0 Å². The highest BCUT2D eigenvalue weighted by molar-refractivity contribution is 5.72. The van der Waals surface area contributed by atoms with Gasteiger partial charge in [0.2, 0.25) is 0 Å². The van der Waals surface area contributed by atoms with Gasteiger partial charge in [-0.05, 0) is 18.8 Å². The topological polar surface area (TPSA) is 77.2 Å². The highest BCUT2D eigenvalue weighted by Gasteiger charge is 2.30. The third-order valence-electron chi connectivity index (χ3n) is 3.00. The molecule has 6 heteroatoms. The third-order valence-corrected chi connectivity index (χ3v) is 3.00. The largest absolute Gasteiger partial charge is 0.480 e. The molecule has 0 aromatic carbocycles. The number of aromatic nitrogens is 3. The van der Waals surface area contributed by atoms with Crippen LogP contribution >= 0.6 is 0 Å². The van der Waals surface area contributed by atoms with Gasteiger partial charge in [-0.25, -0.2) is 4.79 Å². The van der Waals surface area contributed by atoms with Crippen molar-refractivity contribution in [3.63, 3.8) is 0 Å². The van der Waals surface area contributed by atoms with Crippen molar-refractivity contribution < 1.29 is 14.6 Å². The van der Waals surface area contributed by atoms with Gasteiger partial charge in [0.05, 0.1) is 0 Å². The first-order valence-electron chi connectivity index (χ1n) is 5.85. The molecule has 2 rings (SSSR count). The monoisotopic (exact) mass is 239 g/mol. The summed E-state index contributed by atoms with van der Waals surface area (Å²) in [6.07, 6.45) is 3.23. The van der Waals surface area contributed by atoms with Crippen LogP contribution in [0.25, 0.3) is 0 Å². The van der Waals surface area contributed by atoms with Gasteiger partial charge in [0, 0.05) is 6.61 Å². The molecular weight excluding hydrogens is 222 g/mol. The Labute approximate surface area is 99.6 Å². The first kappa shape index (κ1) is 12.0. The lowest BCUT2D eigenvalue weighted by molar-refractivity contribution is -0.142. The zero-order valence-electron chi connectivity index (χ0n) is 10.0. The van der Waals surface area contributed by atoms with Crippen molar-refractivity contribution in [2.45, 2.75) is 38.8 Å². The van der Waals surface area contributed by atoms with Crippen LogP contribution < -0.4 is 0 Å². The van der Waals surface area contributed by atoms with Gasteiger partial charge in [0.25, 0.3) is 0 Å². The fraction of sp³-hybridized carbons (Fsp3) is 0.727. The average molecular weight is 239 g/mol. The van der Waals surface area contributed by atoms with Crippen LogP contribution in [0.4, 0.5) is 0 Å². The Bertz CT molecular complexity index is 396. The number of rotatable bonds is 4. The molecule has 2 heterocycles. The van der Waals surface area contributed by atoms with Crippen molar-refractivity contribution in [3.8, 4) is 0 Å². The molecule has 0 amide bonds. The number of hydrogen-bond acceptors (Lipinski definition) is 4. The van der Waals surface area contributed by atoms with Gasteiger partial charge in [-0.1, -0.05) is 13.8 Å². The van der Waals surface area contributed by atoms with Crippen LogP contribution in [-0.2, 0) is 9.53 Å². The Balaban J connectivity index is 2.30. The minimum absolute atomic E-state index is 0.0244. The summed E-state index contributed by atoms with van der Waals surface area (Å²) in [6, 6.07) is -0.635. The average Bonchev–Trinajstić information content (AvgIpc) is 2.84. The first-order valence-corrected chi connectivity index (χ1v) is 5.85. The van der Waals surface area contributed by atoms with Gasteiger partial charge < -0.3 is 14.4 Å². The lowest BCUT2D eigenvalue weighted by atomic mass is 10.0. The number of carboxylic acids is 1. The maximum atomic E-state index is 11.3. The molecule has 0 radical (unpaired) electrons. The summed E-state index contributed by atoms with van der Waals surface area (Å²) in [5, 5.41) is 17.1. The van der Waals surface area contributed by atoms with E-state index >= 15 is 0 Å². The maximum Gasteiger partial charge on any atom is 0.327 e. The summed E-state index contributed by atoms with van der Waals surface area (Å²) < 4.78 is 7.16. The summed E-state index contributed by atoms with van der Waals surface area (Å²) in [7, 11) is 0. The van der Waals surface area contributed by atoms with E-state index in [0.717, 1.165) is 12.8 Å². The SMILES string of the molecule is CC(C)C(C(=O)O)n1cnnc1C1CCCO1. The van der Waals surface area contributed by atoms with E-state index in [1.54, 1.807) is 4.57 Å². The van der Waals surface area contributed by atoms with Gasteiger partial charge in [-0.15, -0.1) is 10.2 Å². The summed E-state index contributed by atoms with van der Waals surface area (Å²) in [6.45, 7) is 4.45. The summed E-state index contributed by atoms with van der Waals surface area (Å²) >= 11 is 0. The molecule has 1 fully saturated rings. The molecule has 0 aliphatic carbocycles.